The van der Waals surface area contributed by atoms with Crippen LogP contribution in [0.15, 0.2) is 33.6 Å². The molecule has 3 rings (SSSR count). The summed E-state index contributed by atoms with van der Waals surface area (Å²) < 4.78 is 27.8. The van der Waals surface area contributed by atoms with Gasteiger partial charge in [0.15, 0.2) is 0 Å². The summed E-state index contributed by atoms with van der Waals surface area (Å²) in [4.78, 5) is 26.8. The Hall–Kier alpha value is -1.41. The quantitative estimate of drug-likeness (QED) is 0.711. The van der Waals surface area contributed by atoms with Crippen molar-refractivity contribution < 1.29 is 18.0 Å². The minimum Gasteiger partial charge on any atom is -0.328 e. The summed E-state index contributed by atoms with van der Waals surface area (Å²) in [6.07, 6.45) is 6.56. The Labute approximate surface area is 168 Å². The molecule has 2 fully saturated rings. The van der Waals surface area contributed by atoms with Crippen LogP contribution in [0.3, 0.4) is 0 Å². The summed E-state index contributed by atoms with van der Waals surface area (Å²) in [6, 6.07) is 6.05. The van der Waals surface area contributed by atoms with Gasteiger partial charge in [-0.3, -0.25) is 9.59 Å². The van der Waals surface area contributed by atoms with Gasteiger partial charge in [0.1, 0.15) is 5.54 Å². The summed E-state index contributed by atoms with van der Waals surface area (Å²) in [5, 5.41) is 0. The van der Waals surface area contributed by atoms with Crippen LogP contribution in [0, 0.1) is 5.92 Å². The molecule has 2 amide bonds. The zero-order valence-electron chi connectivity index (χ0n) is 15.4. The molecule has 1 saturated carbocycles. The molecule has 2 aliphatic rings. The van der Waals surface area contributed by atoms with Gasteiger partial charge in [0.2, 0.25) is 5.91 Å². The van der Waals surface area contributed by atoms with E-state index in [0.717, 1.165) is 10.9 Å². The molecule has 1 atom stereocenters. The maximum absolute atomic E-state index is 12.7. The molecule has 0 spiro atoms. The van der Waals surface area contributed by atoms with Gasteiger partial charge in [-0.1, -0.05) is 41.6 Å². The van der Waals surface area contributed by atoms with Crippen molar-refractivity contribution in [2.24, 2.45) is 5.92 Å². The largest absolute Gasteiger partial charge is 0.328 e. The molecule has 0 bridgehead atoms. The molecule has 8 heteroatoms. The third-order valence-electron chi connectivity index (χ3n) is 5.80. The molecule has 27 heavy (non-hydrogen) atoms. The van der Waals surface area contributed by atoms with Gasteiger partial charge in [-0.25, -0.2) is 13.1 Å². The van der Waals surface area contributed by atoms with E-state index in [-0.39, 0.29) is 10.8 Å². The molecule has 1 unspecified atom stereocenters. The second-order valence-corrected chi connectivity index (χ2v) is 10.2. The predicted octanol–water partition coefficient (Wildman–Crippen LogP) is 3.22. The van der Waals surface area contributed by atoms with E-state index in [0.29, 0.717) is 25.3 Å². The second kappa shape index (κ2) is 7.91. The van der Waals surface area contributed by atoms with Crippen LogP contribution < -0.4 is 4.72 Å². The minimum absolute atomic E-state index is 0.0149. The topological polar surface area (TPSA) is 83.6 Å². The molecule has 0 aromatic heterocycles. The van der Waals surface area contributed by atoms with Crippen LogP contribution in [-0.4, -0.2) is 37.2 Å². The number of halogens is 1. The zero-order chi connectivity index (χ0) is 19.7. The van der Waals surface area contributed by atoms with Crippen LogP contribution in [0.2, 0.25) is 0 Å². The zero-order valence-corrected chi connectivity index (χ0v) is 17.8. The molecule has 148 valence electrons. The van der Waals surface area contributed by atoms with Crippen molar-refractivity contribution in [1.82, 2.24) is 9.62 Å². The average molecular weight is 457 g/mol. The number of carbonyl (C=O) groups is 2. The number of benzene rings is 1. The summed E-state index contributed by atoms with van der Waals surface area (Å²) >= 11 is 3.25. The summed E-state index contributed by atoms with van der Waals surface area (Å²) in [7, 11) is -3.97. The molecular weight excluding hydrogens is 432 g/mol. The van der Waals surface area contributed by atoms with Crippen molar-refractivity contribution in [1.29, 1.82) is 0 Å². The van der Waals surface area contributed by atoms with Crippen LogP contribution >= 0.6 is 15.9 Å². The van der Waals surface area contributed by atoms with Gasteiger partial charge in [-0.15, -0.1) is 0 Å². The number of carbonyl (C=O) groups excluding carboxylic acids is 2. The summed E-state index contributed by atoms with van der Waals surface area (Å²) in [6.45, 7) is 2.13. The molecule has 1 aliphatic heterocycles. The van der Waals surface area contributed by atoms with Gasteiger partial charge >= 0.3 is 0 Å². The van der Waals surface area contributed by atoms with Gasteiger partial charge in [-0.2, -0.15) is 0 Å². The van der Waals surface area contributed by atoms with E-state index < -0.39 is 21.5 Å². The standard InChI is InChI=1S/C19H25BrN2O4S/c1-19(12-13-22(19)17(23)11-6-14-4-2-3-5-14)18(24)21-27(25,26)16-9-7-15(20)8-10-16/h7-10,14H,2-6,11-13H2,1H3,(H,21,24). The molecule has 1 heterocycles. The SMILES string of the molecule is CC1(C(=O)NS(=O)(=O)c2ccc(Br)cc2)CCN1C(=O)CCC1CCCC1. The fourth-order valence-electron chi connectivity index (χ4n) is 3.86. The lowest BCUT2D eigenvalue weighted by atomic mass is 9.85. The van der Waals surface area contributed by atoms with Crippen molar-refractivity contribution in [2.45, 2.75) is 62.3 Å². The van der Waals surface area contributed by atoms with Gasteiger partial charge < -0.3 is 4.90 Å². The fourth-order valence-corrected chi connectivity index (χ4v) is 5.20. The first-order chi connectivity index (χ1) is 12.7. The normalized spacial score (nSPS) is 23.1. The Balaban J connectivity index is 1.62. The molecule has 1 aromatic rings. The van der Waals surface area contributed by atoms with E-state index in [9.17, 15) is 18.0 Å². The van der Waals surface area contributed by atoms with Gasteiger partial charge in [0.05, 0.1) is 4.90 Å². The lowest BCUT2D eigenvalue weighted by Gasteiger charge is -2.49. The van der Waals surface area contributed by atoms with Crippen LogP contribution in [-0.2, 0) is 19.6 Å². The number of nitrogens with one attached hydrogen (secondary N) is 1. The number of rotatable bonds is 6. The summed E-state index contributed by atoms with van der Waals surface area (Å²) in [5.41, 5.74) is -1.10. The third-order valence-corrected chi connectivity index (χ3v) is 7.68. The fraction of sp³-hybridized carbons (Fsp3) is 0.579. The number of amides is 2. The lowest BCUT2D eigenvalue weighted by Crippen LogP contribution is -2.67. The maximum Gasteiger partial charge on any atom is 0.264 e. The van der Waals surface area contributed by atoms with Gasteiger partial charge in [0, 0.05) is 17.4 Å². The molecule has 1 aliphatic carbocycles. The van der Waals surface area contributed by atoms with Crippen molar-refractivity contribution in [2.75, 3.05) is 6.54 Å². The van der Waals surface area contributed by atoms with Crippen LogP contribution in [0.4, 0.5) is 0 Å². The van der Waals surface area contributed by atoms with Crippen molar-refractivity contribution >= 4 is 37.8 Å². The number of sulfonamides is 1. The highest BCUT2D eigenvalue weighted by Crippen LogP contribution is 2.34. The molecule has 0 radical (unpaired) electrons. The molecular formula is C19H25BrN2O4S. The first kappa shape index (κ1) is 20.3. The highest BCUT2D eigenvalue weighted by molar-refractivity contribution is 9.10. The predicted molar refractivity (Wildman–Crippen MR) is 105 cm³/mol. The smallest absolute Gasteiger partial charge is 0.264 e. The molecule has 1 saturated heterocycles. The number of hydrogen-bond acceptors (Lipinski definition) is 4. The Morgan fingerprint density at radius 2 is 1.85 bits per heavy atom. The number of hydrogen-bond donors (Lipinski definition) is 1. The Morgan fingerprint density at radius 1 is 1.22 bits per heavy atom. The third kappa shape index (κ3) is 4.37. The summed E-state index contributed by atoms with van der Waals surface area (Å²) in [5.74, 6) is -0.106. The monoisotopic (exact) mass is 456 g/mol. The average Bonchev–Trinajstić information content (AvgIpc) is 3.11. The van der Waals surface area contributed by atoms with E-state index >= 15 is 0 Å². The highest BCUT2D eigenvalue weighted by atomic mass is 79.9. The maximum atomic E-state index is 12.7. The molecule has 6 nitrogen and oxygen atoms in total. The van der Waals surface area contributed by atoms with Gasteiger partial charge in [-0.05, 0) is 49.9 Å². The first-order valence-electron chi connectivity index (χ1n) is 9.36. The second-order valence-electron chi connectivity index (χ2n) is 7.65. The highest BCUT2D eigenvalue weighted by Gasteiger charge is 2.50. The minimum atomic E-state index is -3.97. The van der Waals surface area contributed by atoms with Crippen molar-refractivity contribution in [3.8, 4) is 0 Å². The van der Waals surface area contributed by atoms with Crippen LogP contribution in [0.1, 0.15) is 51.9 Å². The van der Waals surface area contributed by atoms with E-state index in [1.807, 2.05) is 0 Å². The van der Waals surface area contributed by atoms with E-state index in [4.69, 9.17) is 0 Å². The number of likely N-dealkylation sites (tertiary alicyclic amines) is 1. The lowest BCUT2D eigenvalue weighted by molar-refractivity contribution is -0.156. The van der Waals surface area contributed by atoms with Gasteiger partial charge in [0.25, 0.3) is 15.9 Å². The van der Waals surface area contributed by atoms with E-state index in [1.54, 1.807) is 19.1 Å². The molecule has 1 aromatic carbocycles. The van der Waals surface area contributed by atoms with Crippen molar-refractivity contribution in [3.63, 3.8) is 0 Å². The van der Waals surface area contributed by atoms with Crippen LogP contribution in [0.25, 0.3) is 0 Å². The first-order valence-corrected chi connectivity index (χ1v) is 11.6. The molecule has 1 N–H and O–H groups in total. The number of nitrogens with zero attached hydrogens (tertiary/aromatic N) is 1. The van der Waals surface area contributed by atoms with E-state index in [2.05, 4.69) is 20.7 Å². The Bertz CT molecular complexity index is 819. The Kier molecular flexibility index (Phi) is 5.96. The Morgan fingerprint density at radius 3 is 2.41 bits per heavy atom. The van der Waals surface area contributed by atoms with Crippen LogP contribution in [0.5, 0.6) is 0 Å². The van der Waals surface area contributed by atoms with E-state index in [1.165, 1.54) is 42.7 Å². The van der Waals surface area contributed by atoms with Crippen molar-refractivity contribution in [3.05, 3.63) is 28.7 Å².